The highest BCUT2D eigenvalue weighted by molar-refractivity contribution is 5.83. The van der Waals surface area contributed by atoms with Crippen LogP contribution in [-0.2, 0) is 16.1 Å². The Morgan fingerprint density at radius 2 is 1.76 bits per heavy atom. The zero-order valence-corrected chi connectivity index (χ0v) is 22.0. The first-order chi connectivity index (χ1) is 16.1. The number of rotatable bonds is 5. The number of carbonyl (C=O) groups is 1. The van der Waals surface area contributed by atoms with Crippen molar-refractivity contribution in [1.29, 1.82) is 0 Å². The summed E-state index contributed by atoms with van der Waals surface area (Å²) in [6.45, 7) is 11.5. The lowest BCUT2D eigenvalue weighted by Crippen LogP contribution is -2.55. The van der Waals surface area contributed by atoms with E-state index in [1.807, 2.05) is 6.92 Å². The van der Waals surface area contributed by atoms with E-state index in [4.69, 9.17) is 4.74 Å². The molecule has 4 aliphatic rings. The lowest BCUT2D eigenvalue weighted by molar-refractivity contribution is -0.231. The summed E-state index contributed by atoms with van der Waals surface area (Å²) in [5.41, 5.74) is 3.94. The molecule has 0 aliphatic heterocycles. The van der Waals surface area contributed by atoms with Crippen LogP contribution in [0.5, 0.6) is 0 Å². The minimum absolute atomic E-state index is 0.121. The number of hydrogen-bond donors (Lipinski definition) is 1. The standard InChI is InChI=1S/C31H44O3/c1-6-30(22(3)32)16-14-27-25-12-11-24-19-31(33,34-20-23-9-7-21(2)8-10-23)18-17-28(24,4)26(25)13-15-29(27,30)5/h7-11,25-27,33H,6,12-20H2,1-5H3. The Hall–Kier alpha value is -1.45. The van der Waals surface area contributed by atoms with E-state index in [-0.39, 0.29) is 16.2 Å². The molecule has 1 aromatic carbocycles. The molecule has 1 N–H and O–H groups in total. The van der Waals surface area contributed by atoms with Crippen LogP contribution in [0.3, 0.4) is 0 Å². The second kappa shape index (κ2) is 8.30. The van der Waals surface area contributed by atoms with Crippen molar-refractivity contribution < 1.29 is 14.6 Å². The van der Waals surface area contributed by atoms with E-state index in [1.54, 1.807) is 0 Å². The zero-order chi connectivity index (χ0) is 24.4. The molecule has 3 heteroatoms. The third kappa shape index (κ3) is 3.48. The molecule has 0 heterocycles. The van der Waals surface area contributed by atoms with Crippen molar-refractivity contribution in [3.05, 3.63) is 47.0 Å². The van der Waals surface area contributed by atoms with Crippen LogP contribution >= 0.6 is 0 Å². The SMILES string of the molecule is CCC1(C(C)=O)CCC2C3CC=C4CC(O)(OCc5ccc(C)cc5)CCC4(C)C3CCC21C. The molecule has 3 fully saturated rings. The molecule has 5 rings (SSSR count). The Morgan fingerprint density at radius 3 is 2.44 bits per heavy atom. The summed E-state index contributed by atoms with van der Waals surface area (Å²) in [7, 11) is 0. The van der Waals surface area contributed by atoms with Crippen molar-refractivity contribution in [1.82, 2.24) is 0 Å². The van der Waals surface area contributed by atoms with Gasteiger partial charge in [-0.3, -0.25) is 4.79 Å². The number of fused-ring (bicyclic) bond motifs is 5. The van der Waals surface area contributed by atoms with Gasteiger partial charge in [0.2, 0.25) is 0 Å². The van der Waals surface area contributed by atoms with E-state index in [2.05, 4.69) is 58.0 Å². The maximum atomic E-state index is 12.9. The van der Waals surface area contributed by atoms with Crippen LogP contribution in [0.4, 0.5) is 0 Å². The second-order valence-electron chi connectivity index (χ2n) is 12.6. The predicted octanol–water partition coefficient (Wildman–Crippen LogP) is 7.15. The van der Waals surface area contributed by atoms with Crippen molar-refractivity contribution in [2.24, 2.45) is 34.0 Å². The summed E-state index contributed by atoms with van der Waals surface area (Å²) in [6, 6.07) is 8.38. The fourth-order valence-electron chi connectivity index (χ4n) is 9.19. The monoisotopic (exact) mass is 464 g/mol. The zero-order valence-electron chi connectivity index (χ0n) is 22.0. The van der Waals surface area contributed by atoms with Crippen LogP contribution in [0, 0.1) is 40.9 Å². The number of aryl methyl sites for hydroxylation is 1. The first-order valence-corrected chi connectivity index (χ1v) is 13.7. The fourth-order valence-corrected chi connectivity index (χ4v) is 9.19. The molecule has 0 aromatic heterocycles. The van der Waals surface area contributed by atoms with Crippen LogP contribution in [0.15, 0.2) is 35.9 Å². The molecule has 34 heavy (non-hydrogen) atoms. The average molecular weight is 465 g/mol. The van der Waals surface area contributed by atoms with Gasteiger partial charge in [0, 0.05) is 18.3 Å². The van der Waals surface area contributed by atoms with E-state index in [1.165, 1.54) is 30.4 Å². The van der Waals surface area contributed by atoms with Gasteiger partial charge >= 0.3 is 0 Å². The van der Waals surface area contributed by atoms with Crippen LogP contribution < -0.4 is 0 Å². The topological polar surface area (TPSA) is 46.5 Å². The minimum Gasteiger partial charge on any atom is -0.365 e. The average Bonchev–Trinajstić information content (AvgIpc) is 3.13. The van der Waals surface area contributed by atoms with Gasteiger partial charge in [-0.25, -0.2) is 0 Å². The van der Waals surface area contributed by atoms with Crippen molar-refractivity contribution in [3.63, 3.8) is 0 Å². The van der Waals surface area contributed by atoms with Gasteiger partial charge < -0.3 is 9.84 Å². The highest BCUT2D eigenvalue weighted by atomic mass is 16.6. The molecule has 4 aliphatic carbocycles. The third-order valence-corrected chi connectivity index (χ3v) is 11.4. The van der Waals surface area contributed by atoms with E-state index >= 15 is 0 Å². The predicted molar refractivity (Wildman–Crippen MR) is 136 cm³/mol. The van der Waals surface area contributed by atoms with Gasteiger partial charge in [-0.2, -0.15) is 0 Å². The number of ether oxygens (including phenoxy) is 1. The summed E-state index contributed by atoms with van der Waals surface area (Å²) >= 11 is 0. The summed E-state index contributed by atoms with van der Waals surface area (Å²) in [5, 5.41) is 11.4. The number of aliphatic hydroxyl groups is 1. The van der Waals surface area contributed by atoms with Crippen LogP contribution in [0.25, 0.3) is 0 Å². The molecule has 3 nitrogen and oxygen atoms in total. The first kappa shape index (κ1) is 24.3. The summed E-state index contributed by atoms with van der Waals surface area (Å²) in [5.74, 6) is 1.33. The van der Waals surface area contributed by atoms with Crippen LogP contribution in [-0.4, -0.2) is 16.7 Å². The molecule has 0 saturated heterocycles. The molecule has 7 atom stereocenters. The highest BCUT2D eigenvalue weighted by Crippen LogP contribution is 2.70. The highest BCUT2D eigenvalue weighted by Gasteiger charge is 2.65. The molecule has 186 valence electrons. The molecule has 7 unspecified atom stereocenters. The summed E-state index contributed by atoms with van der Waals surface area (Å²) < 4.78 is 6.16. The Morgan fingerprint density at radius 1 is 1.06 bits per heavy atom. The molecular formula is C31H44O3. The first-order valence-electron chi connectivity index (χ1n) is 13.7. The molecular weight excluding hydrogens is 420 g/mol. The van der Waals surface area contributed by atoms with E-state index in [9.17, 15) is 9.90 Å². The van der Waals surface area contributed by atoms with Gasteiger partial charge in [0.05, 0.1) is 6.61 Å². The number of carbonyl (C=O) groups excluding carboxylic acids is 1. The molecule has 0 radical (unpaired) electrons. The van der Waals surface area contributed by atoms with Crippen LogP contribution in [0.2, 0.25) is 0 Å². The smallest absolute Gasteiger partial charge is 0.169 e. The normalized spacial score (nSPS) is 43.5. The Bertz CT molecular complexity index is 979. The number of Topliss-reactive ketones (excluding diaryl/α,β-unsaturated/α-hetero) is 1. The Kier molecular flexibility index (Phi) is 5.92. The maximum absolute atomic E-state index is 12.9. The van der Waals surface area contributed by atoms with Crippen molar-refractivity contribution in [3.8, 4) is 0 Å². The van der Waals surface area contributed by atoms with Crippen LogP contribution in [0.1, 0.15) is 96.6 Å². The lowest BCUT2D eigenvalue weighted by Gasteiger charge is -2.60. The van der Waals surface area contributed by atoms with Gasteiger partial charge in [-0.05, 0) is 92.9 Å². The lowest BCUT2D eigenvalue weighted by atomic mass is 9.45. The van der Waals surface area contributed by atoms with E-state index in [0.717, 1.165) is 31.2 Å². The van der Waals surface area contributed by atoms with Gasteiger partial charge in [-0.1, -0.05) is 62.2 Å². The summed E-state index contributed by atoms with van der Waals surface area (Å²) in [4.78, 5) is 12.9. The molecule has 0 bridgehead atoms. The second-order valence-corrected chi connectivity index (χ2v) is 12.6. The fraction of sp³-hybridized carbons (Fsp3) is 0.710. The Labute approximate surface area is 206 Å². The summed E-state index contributed by atoms with van der Waals surface area (Å²) in [6.07, 6.45) is 11.5. The van der Waals surface area contributed by atoms with E-state index in [0.29, 0.717) is 43.0 Å². The van der Waals surface area contributed by atoms with Crippen molar-refractivity contribution in [2.75, 3.05) is 0 Å². The van der Waals surface area contributed by atoms with Gasteiger partial charge in [0.15, 0.2) is 5.79 Å². The number of ketones is 1. The molecule has 3 saturated carbocycles. The number of benzene rings is 1. The van der Waals surface area contributed by atoms with Crippen molar-refractivity contribution >= 4 is 5.78 Å². The van der Waals surface area contributed by atoms with Gasteiger partial charge in [0.1, 0.15) is 5.78 Å². The van der Waals surface area contributed by atoms with E-state index < -0.39 is 5.79 Å². The van der Waals surface area contributed by atoms with Gasteiger partial charge in [-0.15, -0.1) is 0 Å². The van der Waals surface area contributed by atoms with Gasteiger partial charge in [0.25, 0.3) is 0 Å². The van der Waals surface area contributed by atoms with Crippen molar-refractivity contribution in [2.45, 2.75) is 105 Å². The minimum atomic E-state index is -1.06. The Balaban J connectivity index is 1.35. The third-order valence-electron chi connectivity index (χ3n) is 11.4. The molecule has 0 amide bonds. The maximum Gasteiger partial charge on any atom is 0.169 e. The number of allylic oxidation sites excluding steroid dienone is 1. The molecule has 1 aromatic rings. The largest absolute Gasteiger partial charge is 0.365 e. The quantitative estimate of drug-likeness (QED) is 0.372. The number of hydrogen-bond acceptors (Lipinski definition) is 3. The molecule has 0 spiro atoms.